The number of aliphatic hydroxyl groups excluding tert-OH is 1. The molecule has 1 aromatic rings. The Morgan fingerprint density at radius 3 is 2.55 bits per heavy atom. The second kappa shape index (κ2) is 7.29. The summed E-state index contributed by atoms with van der Waals surface area (Å²) in [5.74, 6) is -0.499. The van der Waals surface area contributed by atoms with Crippen LogP contribution in [0.1, 0.15) is 33.3 Å². The van der Waals surface area contributed by atoms with E-state index in [4.69, 9.17) is 16.3 Å². The van der Waals surface area contributed by atoms with Gasteiger partial charge in [0.05, 0.1) is 11.6 Å². The molecular weight excluding hydrogens is 309 g/mol. The monoisotopic (exact) mass is 331 g/mol. The Kier molecular flexibility index (Phi) is 6.20. The van der Waals surface area contributed by atoms with E-state index < -0.39 is 22.9 Å². The normalized spacial score (nSPS) is 14.3. The third kappa shape index (κ3) is 5.81. The van der Waals surface area contributed by atoms with E-state index in [2.05, 4.69) is 5.32 Å². The zero-order valence-electron chi connectivity index (χ0n) is 13.4. The van der Waals surface area contributed by atoms with E-state index in [1.165, 1.54) is 6.07 Å². The second-order valence-electron chi connectivity index (χ2n) is 6.71. The lowest BCUT2D eigenvalue weighted by atomic mass is 9.84. The maximum atomic E-state index is 14.0. The van der Waals surface area contributed by atoms with E-state index in [9.17, 15) is 14.3 Å². The molecule has 0 saturated carbocycles. The lowest BCUT2D eigenvalue weighted by Gasteiger charge is -2.29. The minimum atomic E-state index is -0.720. The summed E-state index contributed by atoms with van der Waals surface area (Å²) < 4.78 is 19.1. The zero-order chi connectivity index (χ0) is 17.0. The number of alkyl carbamates (subject to hydrolysis) is 1. The van der Waals surface area contributed by atoms with Crippen molar-refractivity contribution in [2.24, 2.45) is 5.41 Å². The van der Waals surface area contributed by atoms with Gasteiger partial charge in [-0.2, -0.15) is 0 Å². The molecule has 0 aromatic heterocycles. The number of ether oxygens (including phenoxy) is 1. The second-order valence-corrected chi connectivity index (χ2v) is 7.12. The standard InChI is InChI=1S/C16H23ClFNO3/c1-15(2,3)22-14(21)19-9-16(4,10-20)8-11-6-5-7-12(17)13(11)18/h5-7,20H,8-10H2,1-4H3,(H,19,21). The molecule has 124 valence electrons. The minimum Gasteiger partial charge on any atom is -0.444 e. The van der Waals surface area contributed by atoms with Crippen LogP contribution in [0, 0.1) is 11.2 Å². The van der Waals surface area contributed by atoms with Crippen molar-refractivity contribution < 1.29 is 19.0 Å². The van der Waals surface area contributed by atoms with Gasteiger partial charge in [-0.15, -0.1) is 0 Å². The Labute approximate surface area is 135 Å². The van der Waals surface area contributed by atoms with Crippen molar-refractivity contribution in [2.45, 2.75) is 39.7 Å². The van der Waals surface area contributed by atoms with Gasteiger partial charge in [0.2, 0.25) is 0 Å². The number of hydrogen-bond donors (Lipinski definition) is 2. The largest absolute Gasteiger partial charge is 0.444 e. The summed E-state index contributed by atoms with van der Waals surface area (Å²) in [5.41, 5.74) is -0.920. The molecule has 0 heterocycles. The summed E-state index contributed by atoms with van der Waals surface area (Å²) >= 11 is 5.76. The number of carbonyl (C=O) groups is 1. The van der Waals surface area contributed by atoms with Crippen LogP contribution in [0.4, 0.5) is 9.18 Å². The molecule has 22 heavy (non-hydrogen) atoms. The number of amides is 1. The van der Waals surface area contributed by atoms with Crippen LogP contribution in [-0.4, -0.2) is 30.0 Å². The highest BCUT2D eigenvalue weighted by Crippen LogP contribution is 2.26. The molecule has 0 aliphatic rings. The molecule has 0 aliphatic heterocycles. The van der Waals surface area contributed by atoms with Gasteiger partial charge in [0.15, 0.2) is 0 Å². The first-order valence-corrected chi connectivity index (χ1v) is 7.45. The van der Waals surface area contributed by atoms with Gasteiger partial charge in [-0.05, 0) is 38.8 Å². The molecule has 1 amide bonds. The molecule has 1 aromatic carbocycles. The van der Waals surface area contributed by atoms with Crippen LogP contribution >= 0.6 is 11.6 Å². The smallest absolute Gasteiger partial charge is 0.407 e. The van der Waals surface area contributed by atoms with Crippen LogP contribution < -0.4 is 5.32 Å². The number of carbonyl (C=O) groups excluding carboxylic acids is 1. The van der Waals surface area contributed by atoms with Gasteiger partial charge in [0.25, 0.3) is 0 Å². The van der Waals surface area contributed by atoms with Crippen LogP contribution in [0.15, 0.2) is 18.2 Å². The lowest BCUT2D eigenvalue weighted by Crippen LogP contribution is -2.42. The third-order valence-corrected chi connectivity index (χ3v) is 3.38. The van der Waals surface area contributed by atoms with Crippen LogP contribution in [-0.2, 0) is 11.2 Å². The minimum absolute atomic E-state index is 0.0397. The first-order valence-electron chi connectivity index (χ1n) is 7.07. The predicted octanol–water partition coefficient (Wildman–Crippen LogP) is 3.54. The van der Waals surface area contributed by atoms with Gasteiger partial charge >= 0.3 is 6.09 Å². The zero-order valence-corrected chi connectivity index (χ0v) is 14.1. The molecule has 1 unspecified atom stereocenters. The van der Waals surface area contributed by atoms with Crippen molar-refractivity contribution in [3.8, 4) is 0 Å². The SMILES string of the molecule is CC(CO)(CNC(=O)OC(C)(C)C)Cc1cccc(Cl)c1F. The predicted molar refractivity (Wildman–Crippen MR) is 84.5 cm³/mol. The molecule has 0 fully saturated rings. The summed E-state index contributed by atoms with van der Waals surface area (Å²) in [4.78, 5) is 11.7. The quantitative estimate of drug-likeness (QED) is 0.867. The van der Waals surface area contributed by atoms with Crippen molar-refractivity contribution >= 4 is 17.7 Å². The van der Waals surface area contributed by atoms with Gasteiger partial charge in [-0.1, -0.05) is 30.7 Å². The van der Waals surface area contributed by atoms with Crippen LogP contribution in [0.3, 0.4) is 0 Å². The molecular formula is C16H23ClFNO3. The maximum absolute atomic E-state index is 14.0. The lowest BCUT2D eigenvalue weighted by molar-refractivity contribution is 0.0478. The third-order valence-electron chi connectivity index (χ3n) is 3.09. The highest BCUT2D eigenvalue weighted by molar-refractivity contribution is 6.30. The summed E-state index contributed by atoms with van der Waals surface area (Å²) in [5, 5.41) is 12.3. The Hall–Kier alpha value is -1.33. The first kappa shape index (κ1) is 18.7. The molecule has 4 nitrogen and oxygen atoms in total. The van der Waals surface area contributed by atoms with Gasteiger partial charge in [0.1, 0.15) is 11.4 Å². The number of rotatable bonds is 5. The fraction of sp³-hybridized carbons (Fsp3) is 0.562. The van der Waals surface area contributed by atoms with E-state index in [0.717, 1.165) is 0 Å². The summed E-state index contributed by atoms with van der Waals surface area (Å²) in [6.45, 7) is 6.99. The van der Waals surface area contributed by atoms with Gasteiger partial charge in [-0.3, -0.25) is 0 Å². The molecule has 0 bridgehead atoms. The van der Waals surface area contributed by atoms with Crippen LogP contribution in [0.5, 0.6) is 0 Å². The fourth-order valence-electron chi connectivity index (χ4n) is 1.92. The Bertz CT molecular complexity index is 531. The van der Waals surface area contributed by atoms with Gasteiger partial charge in [-0.25, -0.2) is 9.18 Å². The average molecular weight is 332 g/mol. The average Bonchev–Trinajstić information content (AvgIpc) is 2.40. The maximum Gasteiger partial charge on any atom is 0.407 e. The number of benzene rings is 1. The number of nitrogens with one attached hydrogen (secondary N) is 1. The Morgan fingerprint density at radius 2 is 2.00 bits per heavy atom. The Balaban J connectivity index is 2.72. The number of aliphatic hydroxyl groups is 1. The highest BCUT2D eigenvalue weighted by Gasteiger charge is 2.27. The van der Waals surface area contributed by atoms with E-state index in [0.29, 0.717) is 5.56 Å². The van der Waals surface area contributed by atoms with Gasteiger partial charge in [0, 0.05) is 12.0 Å². The van der Waals surface area contributed by atoms with Crippen molar-refractivity contribution in [1.82, 2.24) is 5.32 Å². The van der Waals surface area contributed by atoms with Gasteiger partial charge < -0.3 is 15.2 Å². The van der Waals surface area contributed by atoms with E-state index in [1.54, 1.807) is 39.8 Å². The topological polar surface area (TPSA) is 58.6 Å². The first-order chi connectivity index (χ1) is 10.1. The molecule has 0 saturated heterocycles. The number of hydrogen-bond acceptors (Lipinski definition) is 3. The molecule has 6 heteroatoms. The fourth-order valence-corrected chi connectivity index (χ4v) is 2.11. The summed E-state index contributed by atoms with van der Waals surface area (Å²) in [6.07, 6.45) is -0.329. The molecule has 1 rings (SSSR count). The molecule has 1 atom stereocenters. The van der Waals surface area contributed by atoms with Crippen molar-refractivity contribution in [3.63, 3.8) is 0 Å². The molecule has 0 radical (unpaired) electrons. The van der Waals surface area contributed by atoms with E-state index in [1.807, 2.05) is 0 Å². The summed E-state index contributed by atoms with van der Waals surface area (Å²) in [6, 6.07) is 4.73. The van der Waals surface area contributed by atoms with Crippen molar-refractivity contribution in [3.05, 3.63) is 34.6 Å². The molecule has 2 N–H and O–H groups in total. The van der Waals surface area contributed by atoms with Crippen molar-refractivity contribution in [2.75, 3.05) is 13.2 Å². The van der Waals surface area contributed by atoms with E-state index >= 15 is 0 Å². The Morgan fingerprint density at radius 1 is 1.36 bits per heavy atom. The van der Waals surface area contributed by atoms with Crippen molar-refractivity contribution in [1.29, 1.82) is 0 Å². The number of halogens is 2. The molecule has 0 aliphatic carbocycles. The highest BCUT2D eigenvalue weighted by atomic mass is 35.5. The van der Waals surface area contributed by atoms with E-state index in [-0.39, 0.29) is 24.6 Å². The van der Waals surface area contributed by atoms with Crippen LogP contribution in [0.2, 0.25) is 5.02 Å². The van der Waals surface area contributed by atoms with Crippen LogP contribution in [0.25, 0.3) is 0 Å². The summed E-state index contributed by atoms with van der Waals surface area (Å²) in [7, 11) is 0. The molecule has 0 spiro atoms.